The van der Waals surface area contributed by atoms with Gasteiger partial charge in [-0.2, -0.15) is 0 Å². The molecule has 0 aliphatic heterocycles. The zero-order valence-corrected chi connectivity index (χ0v) is 9.79. The topological polar surface area (TPSA) is 38.0 Å². The molecular weight excluding hydrogens is 184 g/mol. The number of rotatable bonds is 6. The van der Waals surface area contributed by atoms with Crippen LogP contribution in [0.2, 0.25) is 0 Å². The fourth-order valence-corrected chi connectivity index (χ4v) is 1.49. The van der Waals surface area contributed by atoms with E-state index < -0.39 is 0 Å². The number of benzene rings is 1. The van der Waals surface area contributed by atoms with Crippen LogP contribution < -0.4 is 11.1 Å². The quantitative estimate of drug-likeness (QED) is 0.701. The Kier molecular flexibility index (Phi) is 5.37. The fourth-order valence-electron chi connectivity index (χ4n) is 1.49. The van der Waals surface area contributed by atoms with Crippen molar-refractivity contribution in [3.8, 4) is 0 Å². The second-order valence-corrected chi connectivity index (χ2v) is 4.07. The Balaban J connectivity index is 2.33. The van der Waals surface area contributed by atoms with Crippen LogP contribution in [0.4, 0.5) is 0 Å². The molecule has 84 valence electrons. The van der Waals surface area contributed by atoms with Gasteiger partial charge < -0.3 is 11.1 Å². The van der Waals surface area contributed by atoms with Gasteiger partial charge in [-0.15, -0.1) is 0 Å². The molecule has 0 saturated carbocycles. The lowest BCUT2D eigenvalue weighted by Crippen LogP contribution is -2.27. The minimum atomic E-state index is 0.113. The summed E-state index contributed by atoms with van der Waals surface area (Å²) < 4.78 is 0. The monoisotopic (exact) mass is 206 g/mol. The van der Waals surface area contributed by atoms with E-state index in [9.17, 15) is 0 Å². The van der Waals surface area contributed by atoms with Gasteiger partial charge in [0.2, 0.25) is 0 Å². The molecule has 1 aromatic carbocycles. The lowest BCUT2D eigenvalue weighted by atomic mass is 10.1. The molecule has 1 atom stereocenters. The van der Waals surface area contributed by atoms with Crippen molar-refractivity contribution in [3.05, 3.63) is 35.4 Å². The largest absolute Gasteiger partial charge is 0.323 e. The van der Waals surface area contributed by atoms with E-state index in [1.165, 1.54) is 24.0 Å². The molecule has 0 bridgehead atoms. The molecule has 2 heteroatoms. The highest BCUT2D eigenvalue weighted by Gasteiger charge is 2.03. The molecule has 0 fully saturated rings. The number of hydrogen-bond donors (Lipinski definition) is 2. The third kappa shape index (κ3) is 4.45. The van der Waals surface area contributed by atoms with Gasteiger partial charge in [0.15, 0.2) is 0 Å². The van der Waals surface area contributed by atoms with Crippen molar-refractivity contribution in [1.82, 2.24) is 5.32 Å². The summed E-state index contributed by atoms with van der Waals surface area (Å²) in [4.78, 5) is 0. The Morgan fingerprint density at radius 1 is 1.27 bits per heavy atom. The molecule has 0 aromatic heterocycles. The van der Waals surface area contributed by atoms with E-state index in [2.05, 4.69) is 43.4 Å². The van der Waals surface area contributed by atoms with Gasteiger partial charge in [-0.1, -0.05) is 43.2 Å². The van der Waals surface area contributed by atoms with Gasteiger partial charge in [-0.3, -0.25) is 0 Å². The molecule has 0 aliphatic rings. The van der Waals surface area contributed by atoms with Crippen LogP contribution in [0, 0.1) is 6.92 Å². The summed E-state index contributed by atoms with van der Waals surface area (Å²) in [6.07, 6.45) is 2.45. The molecule has 1 rings (SSSR count). The first-order chi connectivity index (χ1) is 7.24. The van der Waals surface area contributed by atoms with Crippen molar-refractivity contribution in [3.63, 3.8) is 0 Å². The molecule has 2 nitrogen and oxygen atoms in total. The first kappa shape index (κ1) is 12.2. The summed E-state index contributed by atoms with van der Waals surface area (Å²) in [6.45, 7) is 6.22. The lowest BCUT2D eigenvalue weighted by molar-refractivity contribution is 0.578. The Morgan fingerprint density at radius 3 is 2.53 bits per heavy atom. The summed E-state index contributed by atoms with van der Waals surface area (Å²) in [5.41, 5.74) is 8.56. The average Bonchev–Trinajstić information content (AvgIpc) is 2.25. The zero-order valence-electron chi connectivity index (χ0n) is 9.79. The maximum absolute atomic E-state index is 6.06. The number of hydrogen-bond acceptors (Lipinski definition) is 2. The second-order valence-electron chi connectivity index (χ2n) is 4.07. The third-order valence-corrected chi connectivity index (χ3v) is 2.58. The Bertz CT molecular complexity index is 266. The van der Waals surface area contributed by atoms with E-state index in [0.29, 0.717) is 0 Å². The van der Waals surface area contributed by atoms with Crippen LogP contribution in [0.1, 0.15) is 36.9 Å². The minimum Gasteiger partial charge on any atom is -0.323 e. The van der Waals surface area contributed by atoms with Crippen LogP contribution in [0.25, 0.3) is 0 Å². The summed E-state index contributed by atoms with van der Waals surface area (Å²) in [6, 6.07) is 8.56. The third-order valence-electron chi connectivity index (χ3n) is 2.58. The SMILES string of the molecule is CCCCNCC(N)c1ccc(C)cc1. The predicted octanol–water partition coefficient (Wildman–Crippen LogP) is 2.38. The van der Waals surface area contributed by atoms with E-state index in [-0.39, 0.29) is 6.04 Å². The first-order valence-electron chi connectivity index (χ1n) is 5.77. The van der Waals surface area contributed by atoms with Gasteiger partial charge in [0.05, 0.1) is 0 Å². The van der Waals surface area contributed by atoms with Crippen molar-refractivity contribution < 1.29 is 0 Å². The Morgan fingerprint density at radius 2 is 1.93 bits per heavy atom. The molecular formula is C13H22N2. The Hall–Kier alpha value is -0.860. The van der Waals surface area contributed by atoms with Crippen LogP contribution in [0.5, 0.6) is 0 Å². The van der Waals surface area contributed by atoms with E-state index in [1.807, 2.05) is 0 Å². The van der Waals surface area contributed by atoms with Crippen molar-refractivity contribution >= 4 is 0 Å². The summed E-state index contributed by atoms with van der Waals surface area (Å²) >= 11 is 0. The van der Waals surface area contributed by atoms with Crippen LogP contribution in [0.3, 0.4) is 0 Å². The maximum Gasteiger partial charge on any atom is 0.0421 e. The normalized spacial score (nSPS) is 12.7. The van der Waals surface area contributed by atoms with E-state index in [4.69, 9.17) is 5.73 Å². The van der Waals surface area contributed by atoms with Gasteiger partial charge in [0.25, 0.3) is 0 Å². The first-order valence-corrected chi connectivity index (χ1v) is 5.77. The number of nitrogens with one attached hydrogen (secondary N) is 1. The highest BCUT2D eigenvalue weighted by Crippen LogP contribution is 2.10. The predicted molar refractivity (Wildman–Crippen MR) is 65.9 cm³/mol. The van der Waals surface area contributed by atoms with E-state index in [1.54, 1.807) is 0 Å². The molecule has 0 saturated heterocycles. The second kappa shape index (κ2) is 6.59. The number of nitrogens with two attached hydrogens (primary N) is 1. The van der Waals surface area contributed by atoms with E-state index in [0.717, 1.165) is 13.1 Å². The number of aryl methyl sites for hydroxylation is 1. The highest BCUT2D eigenvalue weighted by molar-refractivity contribution is 5.23. The maximum atomic E-state index is 6.06. The van der Waals surface area contributed by atoms with Gasteiger partial charge >= 0.3 is 0 Å². The van der Waals surface area contributed by atoms with Gasteiger partial charge in [0, 0.05) is 12.6 Å². The number of unbranched alkanes of at least 4 members (excludes halogenated alkanes) is 1. The van der Waals surface area contributed by atoms with Crippen LogP contribution in [0.15, 0.2) is 24.3 Å². The molecule has 0 heterocycles. The van der Waals surface area contributed by atoms with E-state index >= 15 is 0 Å². The van der Waals surface area contributed by atoms with Crippen molar-refractivity contribution in [2.45, 2.75) is 32.7 Å². The summed E-state index contributed by atoms with van der Waals surface area (Å²) in [5.74, 6) is 0. The van der Waals surface area contributed by atoms with Crippen molar-refractivity contribution in [2.24, 2.45) is 5.73 Å². The fraction of sp³-hybridized carbons (Fsp3) is 0.538. The summed E-state index contributed by atoms with van der Waals surface area (Å²) in [7, 11) is 0. The standard InChI is InChI=1S/C13H22N2/c1-3-4-9-15-10-13(14)12-7-5-11(2)6-8-12/h5-8,13,15H,3-4,9-10,14H2,1-2H3. The van der Waals surface area contributed by atoms with Crippen LogP contribution in [-0.2, 0) is 0 Å². The van der Waals surface area contributed by atoms with Crippen LogP contribution in [-0.4, -0.2) is 13.1 Å². The molecule has 0 radical (unpaired) electrons. The van der Waals surface area contributed by atoms with Gasteiger partial charge in [0.1, 0.15) is 0 Å². The lowest BCUT2D eigenvalue weighted by Gasteiger charge is -2.13. The Labute approximate surface area is 92.9 Å². The molecule has 3 N–H and O–H groups in total. The van der Waals surface area contributed by atoms with Crippen molar-refractivity contribution in [2.75, 3.05) is 13.1 Å². The molecule has 1 aromatic rings. The minimum absolute atomic E-state index is 0.113. The highest BCUT2D eigenvalue weighted by atomic mass is 14.9. The van der Waals surface area contributed by atoms with Crippen molar-refractivity contribution in [1.29, 1.82) is 0 Å². The van der Waals surface area contributed by atoms with Gasteiger partial charge in [-0.25, -0.2) is 0 Å². The van der Waals surface area contributed by atoms with Gasteiger partial charge in [-0.05, 0) is 25.5 Å². The smallest absolute Gasteiger partial charge is 0.0421 e. The summed E-state index contributed by atoms with van der Waals surface area (Å²) in [5, 5.41) is 3.37. The molecule has 0 aliphatic carbocycles. The average molecular weight is 206 g/mol. The van der Waals surface area contributed by atoms with Crippen LogP contribution >= 0.6 is 0 Å². The molecule has 0 spiro atoms. The molecule has 1 unspecified atom stereocenters. The molecule has 0 amide bonds. The molecule has 15 heavy (non-hydrogen) atoms. The zero-order chi connectivity index (χ0) is 11.1.